The summed E-state index contributed by atoms with van der Waals surface area (Å²) < 4.78 is 87.6. The second kappa shape index (κ2) is 45.4. The van der Waals surface area contributed by atoms with Gasteiger partial charge in [0.2, 0.25) is 30.1 Å². The Kier molecular flexibility index (Phi) is 34.2. The molecular weight excluding hydrogens is 1700 g/mol. The summed E-state index contributed by atoms with van der Waals surface area (Å²) in [6, 6.07) is 63.2. The summed E-state index contributed by atoms with van der Waals surface area (Å²) in [5.41, 5.74) is 9.33. The number of benzene rings is 7. The van der Waals surface area contributed by atoms with E-state index in [0.29, 0.717) is 99.8 Å². The van der Waals surface area contributed by atoms with Crippen LogP contribution in [0.15, 0.2) is 295 Å². The number of aryl methyl sites for hydroxylation is 1. The lowest BCUT2D eigenvalue weighted by atomic mass is 10.1. The molecule has 0 aliphatic carbocycles. The van der Waals surface area contributed by atoms with Crippen molar-refractivity contribution in [2.45, 2.75) is 60.8 Å². The zero-order chi connectivity index (χ0) is 87.0. The van der Waals surface area contributed by atoms with Gasteiger partial charge in [0, 0.05) is 151 Å². The molecule has 122 heavy (non-hydrogen) atoms. The summed E-state index contributed by atoms with van der Waals surface area (Å²) in [6.07, 6.45) is 16.5. The number of unbranched alkanes of at least 4 members (excludes halogenated alkanes) is 1. The number of imidazole rings is 1. The van der Waals surface area contributed by atoms with Gasteiger partial charge in [0.25, 0.3) is 23.6 Å². The van der Waals surface area contributed by atoms with Crippen molar-refractivity contribution >= 4 is 134 Å². The van der Waals surface area contributed by atoms with E-state index in [4.69, 9.17) is 51.1 Å². The molecule has 13 rings (SSSR count). The number of carbonyl (C=O) groups is 5. The maximum atomic E-state index is 12.6. The van der Waals surface area contributed by atoms with Gasteiger partial charge in [-0.2, -0.15) is 0 Å². The molecule has 0 radical (unpaired) electrons. The van der Waals surface area contributed by atoms with Crippen molar-refractivity contribution in [1.82, 2.24) is 48.6 Å². The zero-order valence-corrected chi connectivity index (χ0v) is 71.4. The molecule has 0 unspecified atom stereocenters. The van der Waals surface area contributed by atoms with Gasteiger partial charge in [-0.1, -0.05) is 84.0 Å². The SMILES string of the molecule is CC(=O)CCNS(=O)(=O)c1ccc(C(=O)Nc2ccc(Cl)c(-c3ccccn3)c2)cc1.CCCCNS(=O)(=O)c1ccc(C(=O)Nc2ccc(Cl)c(-c3ccccn3)c2)cc1.COCCNS(=O)(=O)c1ccc(C(=O)Nc2ccc(Cl)c(-c3ccccn3)c2)cc1.O=C(Nc1ccc(Cl)c(-c2ccccn2)c1)c1ccc(NCCCn2ccnc2)nc1. The molecule has 8 N–H and O–H groups in total. The Hall–Kier alpha value is -12.3. The number of pyridine rings is 5. The van der Waals surface area contributed by atoms with Crippen LogP contribution in [0.3, 0.4) is 0 Å². The van der Waals surface area contributed by atoms with E-state index >= 15 is 0 Å². The Balaban J connectivity index is 0.000000171. The number of hydrogen-bond acceptors (Lipinski definition) is 19. The van der Waals surface area contributed by atoms with Gasteiger partial charge >= 0.3 is 0 Å². The number of anilines is 5. The van der Waals surface area contributed by atoms with Crippen molar-refractivity contribution in [3.05, 3.63) is 323 Å². The molecule has 0 bridgehead atoms. The van der Waals surface area contributed by atoms with Gasteiger partial charge in [-0.25, -0.2) is 49.4 Å². The molecule has 0 aliphatic heterocycles. The first kappa shape index (κ1) is 92.0. The molecule has 6 aromatic heterocycles. The Morgan fingerprint density at radius 3 is 1.06 bits per heavy atom. The maximum Gasteiger partial charge on any atom is 0.257 e. The third-order valence-corrected chi connectivity index (χ3v) is 23.4. The Bertz CT molecular complexity index is 5870. The molecule has 0 fully saturated rings. The van der Waals surface area contributed by atoms with Crippen molar-refractivity contribution in [3.63, 3.8) is 0 Å². The van der Waals surface area contributed by atoms with Crippen LogP contribution < -0.4 is 40.8 Å². The van der Waals surface area contributed by atoms with E-state index in [0.717, 1.165) is 49.4 Å². The lowest BCUT2D eigenvalue weighted by Crippen LogP contribution is -2.27. The van der Waals surface area contributed by atoms with E-state index < -0.39 is 36.0 Å². The van der Waals surface area contributed by atoms with Gasteiger partial charge < -0.3 is 35.9 Å². The first-order chi connectivity index (χ1) is 58.8. The number of rotatable bonds is 32. The summed E-state index contributed by atoms with van der Waals surface area (Å²) >= 11 is 25.1. The molecule has 628 valence electrons. The van der Waals surface area contributed by atoms with Crippen LogP contribution >= 0.6 is 46.4 Å². The highest BCUT2D eigenvalue weighted by molar-refractivity contribution is 7.90. The third-order valence-electron chi connectivity index (χ3n) is 17.6. The van der Waals surface area contributed by atoms with Gasteiger partial charge in [-0.3, -0.25) is 43.9 Å². The number of methoxy groups -OCH3 is 1. The molecule has 0 saturated heterocycles. The van der Waals surface area contributed by atoms with Crippen LogP contribution in [0.4, 0.5) is 28.6 Å². The monoisotopic (exact) mass is 1780 g/mol. The lowest BCUT2D eigenvalue weighted by molar-refractivity contribution is -0.116. The van der Waals surface area contributed by atoms with Crippen LogP contribution in [0.5, 0.6) is 0 Å². The normalized spacial score (nSPS) is 11.1. The van der Waals surface area contributed by atoms with Crippen LogP contribution in [0, 0.1) is 0 Å². The summed E-state index contributed by atoms with van der Waals surface area (Å²) in [5.74, 6) is -0.752. The van der Waals surface area contributed by atoms with Crippen LogP contribution in [0.1, 0.15) is 81.0 Å². The average Bonchev–Trinajstić information content (AvgIpc) is 0.843. The Morgan fingerprint density at radius 1 is 0.393 bits per heavy atom. The smallest absolute Gasteiger partial charge is 0.257 e. The van der Waals surface area contributed by atoms with E-state index in [-0.39, 0.29) is 69.9 Å². The summed E-state index contributed by atoms with van der Waals surface area (Å²) in [6.45, 7) is 5.87. The topological polar surface area (TPSA) is 376 Å². The number of aromatic nitrogens is 7. The van der Waals surface area contributed by atoms with Gasteiger partial charge in [0.1, 0.15) is 11.6 Å². The minimum atomic E-state index is -3.75. The molecule has 4 amide bonds. The van der Waals surface area contributed by atoms with E-state index in [9.17, 15) is 49.2 Å². The number of ether oxygens (including phenoxy) is 1. The number of hydrogen-bond donors (Lipinski definition) is 8. The summed E-state index contributed by atoms with van der Waals surface area (Å²) in [4.78, 5) is 87.1. The lowest BCUT2D eigenvalue weighted by Gasteiger charge is -2.10. The van der Waals surface area contributed by atoms with E-state index in [2.05, 4.69) is 70.7 Å². The second-order valence-electron chi connectivity index (χ2n) is 26.5. The zero-order valence-electron chi connectivity index (χ0n) is 65.9. The van der Waals surface area contributed by atoms with Crippen LogP contribution in [0.2, 0.25) is 20.1 Å². The maximum absolute atomic E-state index is 12.6. The molecule has 6 heterocycles. The first-order valence-electron chi connectivity index (χ1n) is 37.8. The molecule has 7 aromatic carbocycles. The highest BCUT2D eigenvalue weighted by Crippen LogP contribution is 2.34. The fourth-order valence-electron chi connectivity index (χ4n) is 11.3. The number of ketones is 1. The number of halogens is 4. The number of sulfonamides is 3. The Labute approximate surface area is 726 Å². The predicted molar refractivity (Wildman–Crippen MR) is 477 cm³/mol. The van der Waals surface area contributed by atoms with Crippen molar-refractivity contribution in [1.29, 1.82) is 0 Å². The number of Topliss-reactive ketones (excluding diaryl/α,β-unsaturated/α-hetero) is 1. The summed E-state index contributed by atoms with van der Waals surface area (Å²) in [7, 11) is -9.50. The fourth-order valence-corrected chi connectivity index (χ4v) is 15.2. The standard InChI is InChI=1S/C23H21ClN6O.C22H20ClN3O4S.C22H22ClN3O3S.C21H20ClN3O4S/c24-20-7-6-18(14-19(20)21-4-1-2-9-26-21)29-23(31)17-5-8-22(28-15-17)27-10-3-12-30-13-11-25-16-30;1-15(27)11-13-25-31(29,30)18-8-5-16(6-9-18)22(28)26-17-7-10-20(23)19(14-17)21-4-2-3-12-24-21;1-2-3-14-25-30(28,29)18-10-7-16(8-11-18)22(27)26-17-9-12-20(23)19(15-17)21-6-4-5-13-24-21;1-29-13-12-24-30(27,28)17-8-5-15(6-9-17)21(26)25-16-7-10-19(22)18(14-16)20-4-2-3-11-23-20/h1-2,4-9,11,13-16H,3,10,12H2,(H,27,28)(H,29,31);2-10,12,14,25H,11,13H2,1H3,(H,26,28);4-13,15,25H,2-3,14H2,1H3,(H,26,27);2-11,14,24H,12-13H2,1H3,(H,25,26). The van der Waals surface area contributed by atoms with Crippen molar-refractivity contribution in [2.24, 2.45) is 0 Å². The first-order valence-corrected chi connectivity index (χ1v) is 43.7. The minimum Gasteiger partial charge on any atom is -0.383 e. The van der Waals surface area contributed by atoms with Gasteiger partial charge in [-0.05, 0) is 226 Å². The Morgan fingerprint density at radius 2 is 0.746 bits per heavy atom. The van der Waals surface area contributed by atoms with Gasteiger partial charge in [0.15, 0.2) is 0 Å². The van der Waals surface area contributed by atoms with Crippen molar-refractivity contribution in [2.75, 3.05) is 66.5 Å². The quantitative estimate of drug-likeness (QED) is 0.0182. The third kappa shape index (κ3) is 27.6. The molecular formula is C88H83Cl4N15O12S3. The number of nitrogens with zero attached hydrogens (tertiary/aromatic N) is 7. The highest BCUT2D eigenvalue weighted by Gasteiger charge is 2.21. The average molecular weight is 1780 g/mol. The molecule has 0 atom stereocenters. The molecule has 34 heteroatoms. The van der Waals surface area contributed by atoms with Gasteiger partial charge in [0.05, 0.1) is 76.1 Å². The van der Waals surface area contributed by atoms with E-state index in [1.54, 1.807) is 135 Å². The van der Waals surface area contributed by atoms with Gasteiger partial charge in [-0.15, -0.1) is 0 Å². The van der Waals surface area contributed by atoms with Crippen LogP contribution in [-0.2, 0) is 46.1 Å². The van der Waals surface area contributed by atoms with Crippen LogP contribution in [-0.4, -0.2) is 129 Å². The molecule has 27 nitrogen and oxygen atoms in total. The van der Waals surface area contributed by atoms with Crippen LogP contribution in [0.25, 0.3) is 45.0 Å². The van der Waals surface area contributed by atoms with E-state index in [1.165, 1.54) is 86.8 Å². The number of carbonyl (C=O) groups excluding carboxylic acids is 5. The minimum absolute atomic E-state index is 0.0107. The molecule has 13 aromatic rings. The van der Waals surface area contributed by atoms with Crippen molar-refractivity contribution in [3.8, 4) is 45.0 Å². The second-order valence-corrected chi connectivity index (χ2v) is 33.5. The molecule has 0 saturated carbocycles. The van der Waals surface area contributed by atoms with Crippen molar-refractivity contribution < 1.29 is 54.0 Å². The number of amides is 4. The highest BCUT2D eigenvalue weighted by atomic mass is 35.5. The largest absolute Gasteiger partial charge is 0.383 e. The number of nitrogens with one attached hydrogen (secondary N) is 8. The molecule has 0 aliphatic rings. The predicted octanol–water partition coefficient (Wildman–Crippen LogP) is 17.0. The summed E-state index contributed by atoms with van der Waals surface area (Å²) in [5, 5.41) is 16.6. The fraction of sp³-hybridized carbons (Fsp3) is 0.148. The molecule has 0 spiro atoms. The van der Waals surface area contributed by atoms with E-state index in [1.807, 2.05) is 84.4 Å².